The number of nitrogens with two attached hydrogens (primary N) is 1. The molecule has 0 bridgehead atoms. The highest BCUT2D eigenvalue weighted by molar-refractivity contribution is 5.95. The zero-order chi connectivity index (χ0) is 14.0. The van der Waals surface area contributed by atoms with Gasteiger partial charge in [0, 0.05) is 0 Å². The molecule has 102 valence electrons. The average molecular weight is 264 g/mol. The van der Waals surface area contributed by atoms with E-state index in [1.807, 2.05) is 0 Å². The molecule has 1 fully saturated rings. The lowest BCUT2D eigenvalue weighted by molar-refractivity contribution is -0.154. The van der Waals surface area contributed by atoms with Crippen molar-refractivity contribution in [2.45, 2.75) is 12.5 Å². The van der Waals surface area contributed by atoms with Crippen LogP contribution in [0.5, 0.6) is 5.75 Å². The van der Waals surface area contributed by atoms with Crippen molar-refractivity contribution < 1.29 is 19.4 Å². The SMILES string of the molecule is CC1(O)CN(C(=O)COc2ccccc2C(N)=O)C1. The van der Waals surface area contributed by atoms with Crippen molar-refractivity contribution in [3.05, 3.63) is 29.8 Å². The summed E-state index contributed by atoms with van der Waals surface area (Å²) in [4.78, 5) is 24.4. The number of primary amides is 1. The zero-order valence-electron chi connectivity index (χ0n) is 10.6. The number of hydrogen-bond donors (Lipinski definition) is 2. The summed E-state index contributed by atoms with van der Waals surface area (Å²) in [5.74, 6) is -0.545. The van der Waals surface area contributed by atoms with Gasteiger partial charge in [0.05, 0.1) is 24.3 Å². The third-order valence-corrected chi connectivity index (χ3v) is 2.92. The lowest BCUT2D eigenvalue weighted by Gasteiger charge is -2.44. The van der Waals surface area contributed by atoms with Crippen LogP contribution in [0.4, 0.5) is 0 Å². The fourth-order valence-corrected chi connectivity index (χ4v) is 1.98. The predicted octanol–water partition coefficient (Wildman–Crippen LogP) is -0.242. The molecule has 0 aromatic heterocycles. The van der Waals surface area contributed by atoms with Crippen LogP contribution >= 0.6 is 0 Å². The van der Waals surface area contributed by atoms with Gasteiger partial charge in [-0.05, 0) is 19.1 Å². The molecule has 1 saturated heterocycles. The monoisotopic (exact) mass is 264 g/mol. The van der Waals surface area contributed by atoms with Crippen molar-refractivity contribution in [2.24, 2.45) is 5.73 Å². The van der Waals surface area contributed by atoms with Crippen molar-refractivity contribution in [1.29, 1.82) is 0 Å². The van der Waals surface area contributed by atoms with Crippen LogP contribution in [0.1, 0.15) is 17.3 Å². The van der Waals surface area contributed by atoms with E-state index in [-0.39, 0.29) is 23.8 Å². The molecule has 2 amide bonds. The smallest absolute Gasteiger partial charge is 0.260 e. The number of ether oxygens (including phenoxy) is 1. The van der Waals surface area contributed by atoms with Gasteiger partial charge in [0.25, 0.3) is 11.8 Å². The van der Waals surface area contributed by atoms with E-state index in [9.17, 15) is 14.7 Å². The van der Waals surface area contributed by atoms with Crippen LogP contribution in [-0.2, 0) is 4.79 Å². The molecule has 1 heterocycles. The Morgan fingerprint density at radius 2 is 2.05 bits per heavy atom. The van der Waals surface area contributed by atoms with Crippen LogP contribution in [0.2, 0.25) is 0 Å². The molecular formula is C13H16N2O4. The number of aliphatic hydroxyl groups is 1. The van der Waals surface area contributed by atoms with Gasteiger partial charge in [-0.15, -0.1) is 0 Å². The number of hydrogen-bond acceptors (Lipinski definition) is 4. The molecule has 0 saturated carbocycles. The van der Waals surface area contributed by atoms with Gasteiger partial charge in [-0.1, -0.05) is 12.1 Å². The number of nitrogens with zero attached hydrogens (tertiary/aromatic N) is 1. The maximum atomic E-state index is 11.7. The van der Waals surface area contributed by atoms with Crippen molar-refractivity contribution >= 4 is 11.8 Å². The molecule has 1 aromatic rings. The summed E-state index contributed by atoms with van der Waals surface area (Å²) < 4.78 is 5.31. The standard InChI is InChI=1S/C13H16N2O4/c1-13(18)7-15(8-13)11(16)6-19-10-5-3-2-4-9(10)12(14)17/h2-5,18H,6-8H2,1H3,(H2,14,17). The van der Waals surface area contributed by atoms with E-state index < -0.39 is 11.5 Å². The molecule has 6 heteroatoms. The Morgan fingerprint density at radius 3 is 2.63 bits per heavy atom. The normalized spacial score (nSPS) is 16.6. The maximum absolute atomic E-state index is 11.7. The van der Waals surface area contributed by atoms with Crippen LogP contribution in [0.15, 0.2) is 24.3 Å². The Kier molecular flexibility index (Phi) is 3.44. The Hall–Kier alpha value is -2.08. The van der Waals surface area contributed by atoms with Gasteiger partial charge in [0.15, 0.2) is 6.61 Å². The van der Waals surface area contributed by atoms with Gasteiger partial charge >= 0.3 is 0 Å². The summed E-state index contributed by atoms with van der Waals surface area (Å²) in [6.07, 6.45) is 0. The molecule has 0 radical (unpaired) electrons. The molecule has 0 spiro atoms. The molecule has 0 atom stereocenters. The van der Waals surface area contributed by atoms with Crippen LogP contribution in [-0.4, -0.2) is 47.1 Å². The number of rotatable bonds is 4. The summed E-state index contributed by atoms with van der Waals surface area (Å²) in [6.45, 7) is 2.08. The first-order chi connectivity index (χ1) is 8.89. The van der Waals surface area contributed by atoms with Gasteiger partial charge in [0.2, 0.25) is 0 Å². The number of carbonyl (C=O) groups excluding carboxylic acids is 2. The van der Waals surface area contributed by atoms with Gasteiger partial charge in [0.1, 0.15) is 5.75 Å². The van der Waals surface area contributed by atoms with E-state index in [0.29, 0.717) is 13.1 Å². The third-order valence-electron chi connectivity index (χ3n) is 2.92. The highest BCUT2D eigenvalue weighted by atomic mass is 16.5. The van der Waals surface area contributed by atoms with Crippen molar-refractivity contribution in [3.63, 3.8) is 0 Å². The number of benzene rings is 1. The number of likely N-dealkylation sites (tertiary alicyclic amines) is 1. The highest BCUT2D eigenvalue weighted by Gasteiger charge is 2.39. The largest absolute Gasteiger partial charge is 0.483 e. The van der Waals surface area contributed by atoms with E-state index in [2.05, 4.69) is 0 Å². The summed E-state index contributed by atoms with van der Waals surface area (Å²) in [6, 6.07) is 6.48. The zero-order valence-corrected chi connectivity index (χ0v) is 10.6. The third kappa shape index (κ3) is 3.03. The van der Waals surface area contributed by atoms with E-state index in [0.717, 1.165) is 0 Å². The first-order valence-corrected chi connectivity index (χ1v) is 5.91. The van der Waals surface area contributed by atoms with E-state index in [4.69, 9.17) is 10.5 Å². The Balaban J connectivity index is 1.93. The fourth-order valence-electron chi connectivity index (χ4n) is 1.98. The second-order valence-electron chi connectivity index (χ2n) is 4.90. The first kappa shape index (κ1) is 13.4. The average Bonchev–Trinajstić information content (AvgIpc) is 2.33. The minimum atomic E-state index is -0.805. The number of amides is 2. The summed E-state index contributed by atoms with van der Waals surface area (Å²) in [5.41, 5.74) is 4.64. The predicted molar refractivity (Wildman–Crippen MR) is 67.7 cm³/mol. The van der Waals surface area contributed by atoms with E-state index in [1.165, 1.54) is 11.0 Å². The van der Waals surface area contributed by atoms with Crippen LogP contribution in [0, 0.1) is 0 Å². The Bertz CT molecular complexity index is 505. The Labute approximate surface area is 110 Å². The van der Waals surface area contributed by atoms with Gasteiger partial charge < -0.3 is 20.5 Å². The van der Waals surface area contributed by atoms with Crippen LogP contribution in [0.25, 0.3) is 0 Å². The molecule has 2 rings (SSSR count). The quantitative estimate of drug-likeness (QED) is 0.784. The lowest BCUT2D eigenvalue weighted by atomic mass is 9.97. The highest BCUT2D eigenvalue weighted by Crippen LogP contribution is 2.21. The van der Waals surface area contributed by atoms with Gasteiger partial charge in [-0.2, -0.15) is 0 Å². The number of β-amino-alcohol motifs (C(OH)–C–C–N with tert-alkyl or cyclic N) is 1. The molecule has 1 aromatic carbocycles. The molecular weight excluding hydrogens is 248 g/mol. The van der Waals surface area contributed by atoms with Gasteiger partial charge in [-0.25, -0.2) is 0 Å². The topological polar surface area (TPSA) is 92.9 Å². The van der Waals surface area contributed by atoms with Crippen LogP contribution < -0.4 is 10.5 Å². The maximum Gasteiger partial charge on any atom is 0.260 e. The molecule has 1 aliphatic heterocycles. The summed E-state index contributed by atoms with van der Waals surface area (Å²) in [5, 5.41) is 9.54. The van der Waals surface area contributed by atoms with Crippen LogP contribution in [0.3, 0.4) is 0 Å². The molecule has 19 heavy (non-hydrogen) atoms. The first-order valence-electron chi connectivity index (χ1n) is 5.91. The fraction of sp³-hybridized carbons (Fsp3) is 0.385. The molecule has 6 nitrogen and oxygen atoms in total. The van der Waals surface area contributed by atoms with E-state index >= 15 is 0 Å². The number of para-hydroxylation sites is 1. The Morgan fingerprint density at radius 1 is 1.42 bits per heavy atom. The van der Waals surface area contributed by atoms with Gasteiger partial charge in [-0.3, -0.25) is 9.59 Å². The molecule has 1 aliphatic rings. The van der Waals surface area contributed by atoms with E-state index in [1.54, 1.807) is 25.1 Å². The minimum absolute atomic E-state index is 0.180. The van der Waals surface area contributed by atoms with Crippen molar-refractivity contribution in [1.82, 2.24) is 4.90 Å². The summed E-state index contributed by atoms with van der Waals surface area (Å²) in [7, 11) is 0. The molecule has 0 aliphatic carbocycles. The second-order valence-corrected chi connectivity index (χ2v) is 4.90. The second kappa shape index (κ2) is 4.89. The molecule has 3 N–H and O–H groups in total. The molecule has 0 unspecified atom stereocenters. The lowest BCUT2D eigenvalue weighted by Crippen LogP contribution is -2.62. The number of carbonyl (C=O) groups is 2. The van der Waals surface area contributed by atoms with Crippen molar-refractivity contribution in [3.8, 4) is 5.75 Å². The summed E-state index contributed by atoms with van der Waals surface area (Å²) >= 11 is 0. The minimum Gasteiger partial charge on any atom is -0.483 e. The van der Waals surface area contributed by atoms with Crippen molar-refractivity contribution in [2.75, 3.05) is 19.7 Å².